The average Bonchev–Trinajstić information content (AvgIpc) is 3.22. The predicted molar refractivity (Wildman–Crippen MR) is 102 cm³/mol. The van der Waals surface area contributed by atoms with Crippen LogP contribution in [-0.4, -0.2) is 45.4 Å². The first-order valence-electron chi connectivity index (χ1n) is 9.15. The normalized spacial score (nSPS) is 16.3. The Bertz CT molecular complexity index is 1020. The summed E-state index contributed by atoms with van der Waals surface area (Å²) in [5.74, 6) is -3.19. The molecule has 2 aromatic carbocycles. The number of ether oxygens (including phenoxy) is 1. The number of carbonyl (C=O) groups excluding carboxylic acids is 1. The van der Waals surface area contributed by atoms with Gasteiger partial charge in [0.15, 0.2) is 17.2 Å². The third kappa shape index (κ3) is 4.76. The fourth-order valence-corrected chi connectivity index (χ4v) is 3.68. The quantitative estimate of drug-likeness (QED) is 0.639. The number of hydrogen-bond donors (Lipinski definition) is 0. The van der Waals surface area contributed by atoms with Crippen molar-refractivity contribution in [3.63, 3.8) is 0 Å². The lowest BCUT2D eigenvalue weighted by Gasteiger charge is -2.35. The molecule has 3 rings (SSSR count). The summed E-state index contributed by atoms with van der Waals surface area (Å²) in [6, 6.07) is 7.68. The maximum absolute atomic E-state index is 14.9. The van der Waals surface area contributed by atoms with Gasteiger partial charge >= 0.3 is 6.09 Å². The minimum Gasteiger partial charge on any atom is -0.430 e. The van der Waals surface area contributed by atoms with Crippen molar-refractivity contribution in [2.45, 2.75) is 18.4 Å². The molecule has 1 heterocycles. The molecule has 1 fully saturated rings. The highest BCUT2D eigenvalue weighted by molar-refractivity contribution is 7.85. The zero-order chi connectivity index (χ0) is 21.9. The molecule has 0 aliphatic carbocycles. The lowest BCUT2D eigenvalue weighted by molar-refractivity contribution is -0.0135. The van der Waals surface area contributed by atoms with Crippen LogP contribution < -0.4 is 0 Å². The number of benzene rings is 2. The van der Waals surface area contributed by atoms with E-state index < -0.39 is 51.4 Å². The van der Waals surface area contributed by atoms with Crippen molar-refractivity contribution in [2.75, 3.05) is 26.0 Å². The molecule has 1 atom stereocenters. The van der Waals surface area contributed by atoms with Crippen LogP contribution in [0.4, 0.5) is 18.0 Å². The van der Waals surface area contributed by atoms with Crippen LogP contribution in [0.3, 0.4) is 0 Å². The number of carbonyl (C=O) groups is 1. The summed E-state index contributed by atoms with van der Waals surface area (Å²) in [5.41, 5.74) is -2.61. The monoisotopic (exact) mass is 443 g/mol. The van der Waals surface area contributed by atoms with Crippen LogP contribution in [-0.2, 0) is 24.6 Å². The Kier molecular flexibility index (Phi) is 6.37. The van der Waals surface area contributed by atoms with Crippen molar-refractivity contribution in [2.24, 2.45) is 0 Å². The first kappa shape index (κ1) is 22.1. The highest BCUT2D eigenvalue weighted by atomic mass is 32.2. The van der Waals surface area contributed by atoms with E-state index in [9.17, 15) is 26.4 Å². The summed E-state index contributed by atoms with van der Waals surface area (Å²) in [6.07, 6.45) is 1.41. The summed E-state index contributed by atoms with van der Waals surface area (Å²) in [5, 5.41) is 0. The van der Waals surface area contributed by atoms with E-state index in [1.54, 1.807) is 0 Å². The van der Waals surface area contributed by atoms with Crippen molar-refractivity contribution >= 4 is 16.2 Å². The lowest BCUT2D eigenvalue weighted by Crippen LogP contribution is -2.44. The second kappa shape index (κ2) is 8.65. The molecule has 10 heteroatoms. The largest absolute Gasteiger partial charge is 0.430 e. The van der Waals surface area contributed by atoms with Crippen LogP contribution in [0, 0.1) is 17.5 Å². The Morgan fingerprint density at radius 3 is 2.30 bits per heavy atom. The Hall–Kier alpha value is -2.59. The standard InChI is InChI=1S/C20H20F3NO5S/c1-30(26,27)28-13-20(14-7-9-15(21)10-8-14,16-5-4-6-17(22)18(16)23)29-19(25)24-11-2-3-12-24/h4-10H,2-3,11-13H2,1H3/t20-/m1/s1. The van der Waals surface area contributed by atoms with Gasteiger partial charge in [0, 0.05) is 24.2 Å². The topological polar surface area (TPSA) is 72.9 Å². The van der Waals surface area contributed by atoms with Crippen LogP contribution in [0.2, 0.25) is 0 Å². The van der Waals surface area contributed by atoms with Gasteiger partial charge in [-0.2, -0.15) is 8.42 Å². The van der Waals surface area contributed by atoms with Gasteiger partial charge in [-0.15, -0.1) is 0 Å². The maximum Gasteiger partial charge on any atom is 0.411 e. The number of hydrogen-bond acceptors (Lipinski definition) is 5. The highest BCUT2D eigenvalue weighted by Gasteiger charge is 2.44. The van der Waals surface area contributed by atoms with E-state index in [0.29, 0.717) is 13.1 Å². The molecule has 1 saturated heterocycles. The van der Waals surface area contributed by atoms with Crippen molar-refractivity contribution in [1.29, 1.82) is 0 Å². The molecule has 6 nitrogen and oxygen atoms in total. The van der Waals surface area contributed by atoms with Crippen molar-refractivity contribution < 1.29 is 35.3 Å². The molecule has 1 amide bonds. The van der Waals surface area contributed by atoms with E-state index in [-0.39, 0.29) is 5.56 Å². The Morgan fingerprint density at radius 1 is 1.07 bits per heavy atom. The molecular formula is C20H20F3NO5S. The van der Waals surface area contributed by atoms with Gasteiger partial charge in [-0.1, -0.05) is 24.3 Å². The first-order valence-corrected chi connectivity index (χ1v) is 11.0. The summed E-state index contributed by atoms with van der Waals surface area (Å²) in [4.78, 5) is 14.2. The summed E-state index contributed by atoms with van der Waals surface area (Å²) >= 11 is 0. The highest BCUT2D eigenvalue weighted by Crippen LogP contribution is 2.38. The Labute approximate surface area is 172 Å². The maximum atomic E-state index is 14.9. The van der Waals surface area contributed by atoms with Gasteiger partial charge in [0.2, 0.25) is 0 Å². The van der Waals surface area contributed by atoms with E-state index >= 15 is 0 Å². The molecule has 0 aromatic heterocycles. The van der Waals surface area contributed by atoms with Crippen molar-refractivity contribution in [3.05, 3.63) is 71.0 Å². The molecular weight excluding hydrogens is 423 g/mol. The molecule has 0 radical (unpaired) electrons. The van der Waals surface area contributed by atoms with Crippen molar-refractivity contribution in [1.82, 2.24) is 4.90 Å². The van der Waals surface area contributed by atoms with Crippen LogP contribution in [0.5, 0.6) is 0 Å². The number of amides is 1. The smallest absolute Gasteiger partial charge is 0.411 e. The minimum absolute atomic E-state index is 0.0181. The number of halogens is 3. The van der Waals surface area contributed by atoms with E-state index in [4.69, 9.17) is 8.92 Å². The fraction of sp³-hybridized carbons (Fsp3) is 0.350. The average molecular weight is 443 g/mol. The molecule has 0 spiro atoms. The molecule has 162 valence electrons. The van der Waals surface area contributed by atoms with Crippen molar-refractivity contribution in [3.8, 4) is 0 Å². The second-order valence-electron chi connectivity index (χ2n) is 6.96. The van der Waals surface area contributed by atoms with Crippen LogP contribution >= 0.6 is 0 Å². The predicted octanol–water partition coefficient (Wildman–Crippen LogP) is 3.56. The van der Waals surface area contributed by atoms with E-state index in [2.05, 4.69) is 0 Å². The van der Waals surface area contributed by atoms with Gasteiger partial charge in [0.05, 0.1) is 6.26 Å². The summed E-state index contributed by atoms with van der Waals surface area (Å²) in [7, 11) is -4.05. The SMILES string of the molecule is CS(=O)(=O)OC[C@@](OC(=O)N1CCCC1)(c1ccc(F)cc1)c1cccc(F)c1F. The van der Waals surface area contributed by atoms with Gasteiger partial charge in [-0.25, -0.2) is 18.0 Å². The van der Waals surface area contributed by atoms with Gasteiger partial charge < -0.3 is 9.64 Å². The lowest BCUT2D eigenvalue weighted by atomic mass is 9.86. The molecule has 1 aliphatic rings. The molecule has 30 heavy (non-hydrogen) atoms. The third-order valence-electron chi connectivity index (χ3n) is 4.80. The zero-order valence-corrected chi connectivity index (χ0v) is 16.9. The number of rotatable bonds is 6. The van der Waals surface area contributed by atoms with Crippen LogP contribution in [0.1, 0.15) is 24.0 Å². The van der Waals surface area contributed by atoms with Crippen LogP contribution in [0.15, 0.2) is 42.5 Å². The molecule has 0 saturated carbocycles. The van der Waals surface area contributed by atoms with E-state index in [1.807, 2.05) is 0 Å². The van der Waals surface area contributed by atoms with Gasteiger partial charge in [-0.05, 0) is 31.0 Å². The molecule has 1 aliphatic heterocycles. The Balaban J connectivity index is 2.19. The number of nitrogens with zero attached hydrogens (tertiary/aromatic N) is 1. The number of likely N-dealkylation sites (tertiary alicyclic amines) is 1. The molecule has 0 bridgehead atoms. The third-order valence-corrected chi connectivity index (χ3v) is 5.35. The van der Waals surface area contributed by atoms with Gasteiger partial charge in [0.25, 0.3) is 10.1 Å². The summed E-state index contributed by atoms with van der Waals surface area (Å²) < 4.78 is 76.3. The van der Waals surface area contributed by atoms with Gasteiger partial charge in [0.1, 0.15) is 12.4 Å². The first-order chi connectivity index (χ1) is 14.1. The minimum atomic E-state index is -4.05. The molecule has 2 aromatic rings. The van der Waals surface area contributed by atoms with E-state index in [1.165, 1.54) is 23.1 Å². The van der Waals surface area contributed by atoms with E-state index in [0.717, 1.165) is 43.4 Å². The molecule has 0 unspecified atom stereocenters. The molecule has 0 N–H and O–H groups in total. The van der Waals surface area contributed by atoms with Crippen LogP contribution in [0.25, 0.3) is 0 Å². The second-order valence-corrected chi connectivity index (χ2v) is 8.61. The fourth-order valence-electron chi connectivity index (χ4n) is 3.30. The Morgan fingerprint density at radius 2 is 1.70 bits per heavy atom. The van der Waals surface area contributed by atoms with Gasteiger partial charge in [-0.3, -0.25) is 4.18 Å². The summed E-state index contributed by atoms with van der Waals surface area (Å²) in [6.45, 7) is -0.0643. The zero-order valence-electron chi connectivity index (χ0n) is 16.1.